The maximum Gasteiger partial charge on any atom is 0.334 e. The van der Waals surface area contributed by atoms with E-state index in [0.717, 1.165) is 0 Å². The van der Waals surface area contributed by atoms with E-state index >= 15 is 0 Å². The number of rotatable bonds is 7. The SMILES string of the molecule is CCN(CC(C)C)C(=O)NCC(OC)C(=O)O. The van der Waals surface area contributed by atoms with Gasteiger partial charge < -0.3 is 20.1 Å². The van der Waals surface area contributed by atoms with Gasteiger partial charge in [-0.05, 0) is 12.8 Å². The Kier molecular flexibility index (Phi) is 7.29. The summed E-state index contributed by atoms with van der Waals surface area (Å²) in [4.78, 5) is 24.0. The molecular weight excluding hydrogens is 224 g/mol. The Morgan fingerprint density at radius 3 is 2.35 bits per heavy atom. The predicted octanol–water partition coefficient (Wildman–Crippen LogP) is 0.773. The van der Waals surface area contributed by atoms with Crippen LogP contribution in [0, 0.1) is 5.92 Å². The van der Waals surface area contributed by atoms with Crippen molar-refractivity contribution in [2.75, 3.05) is 26.7 Å². The minimum atomic E-state index is -1.08. The molecule has 0 aliphatic carbocycles. The number of carboxylic acid groups (broad SMARTS) is 1. The fraction of sp³-hybridized carbons (Fsp3) is 0.818. The van der Waals surface area contributed by atoms with Gasteiger partial charge in [0, 0.05) is 20.2 Å². The van der Waals surface area contributed by atoms with Crippen molar-refractivity contribution in [1.82, 2.24) is 10.2 Å². The normalized spacial score (nSPS) is 12.3. The largest absolute Gasteiger partial charge is 0.479 e. The van der Waals surface area contributed by atoms with Crippen LogP contribution >= 0.6 is 0 Å². The number of hydrogen-bond acceptors (Lipinski definition) is 3. The quantitative estimate of drug-likeness (QED) is 0.695. The number of urea groups is 1. The maximum absolute atomic E-state index is 11.7. The number of hydrogen-bond donors (Lipinski definition) is 2. The summed E-state index contributed by atoms with van der Waals surface area (Å²) in [6.07, 6.45) is -1.00. The lowest BCUT2D eigenvalue weighted by molar-refractivity contribution is -0.148. The van der Waals surface area contributed by atoms with Crippen molar-refractivity contribution >= 4 is 12.0 Å². The van der Waals surface area contributed by atoms with Crippen molar-refractivity contribution in [3.63, 3.8) is 0 Å². The van der Waals surface area contributed by atoms with Crippen LogP contribution in [-0.4, -0.2) is 54.9 Å². The van der Waals surface area contributed by atoms with Gasteiger partial charge in [0.15, 0.2) is 6.10 Å². The number of methoxy groups -OCH3 is 1. The molecule has 0 radical (unpaired) electrons. The molecule has 6 nitrogen and oxygen atoms in total. The minimum absolute atomic E-state index is 0.0285. The number of aliphatic carboxylic acids is 1. The summed E-state index contributed by atoms with van der Waals surface area (Å²) in [6, 6.07) is -0.260. The molecule has 2 N–H and O–H groups in total. The highest BCUT2D eigenvalue weighted by Crippen LogP contribution is 1.99. The third-order valence-corrected chi connectivity index (χ3v) is 2.25. The van der Waals surface area contributed by atoms with Gasteiger partial charge in [0.1, 0.15) is 0 Å². The third-order valence-electron chi connectivity index (χ3n) is 2.25. The van der Waals surface area contributed by atoms with Gasteiger partial charge in [-0.2, -0.15) is 0 Å². The van der Waals surface area contributed by atoms with Crippen LogP contribution in [0.15, 0.2) is 0 Å². The molecule has 0 spiro atoms. The van der Waals surface area contributed by atoms with Gasteiger partial charge in [0.05, 0.1) is 6.54 Å². The van der Waals surface area contributed by atoms with E-state index in [9.17, 15) is 9.59 Å². The fourth-order valence-corrected chi connectivity index (χ4v) is 1.36. The average Bonchev–Trinajstić information content (AvgIpc) is 2.25. The minimum Gasteiger partial charge on any atom is -0.479 e. The highest BCUT2D eigenvalue weighted by atomic mass is 16.5. The Balaban J connectivity index is 4.18. The Labute approximate surface area is 102 Å². The predicted molar refractivity (Wildman–Crippen MR) is 63.9 cm³/mol. The van der Waals surface area contributed by atoms with Crippen molar-refractivity contribution in [3.8, 4) is 0 Å². The van der Waals surface area contributed by atoms with Gasteiger partial charge in [-0.15, -0.1) is 0 Å². The van der Waals surface area contributed by atoms with Crippen LogP contribution in [0.4, 0.5) is 4.79 Å². The molecule has 0 rings (SSSR count). The van der Waals surface area contributed by atoms with Gasteiger partial charge in [-0.25, -0.2) is 9.59 Å². The molecule has 0 saturated heterocycles. The van der Waals surface area contributed by atoms with E-state index in [-0.39, 0.29) is 12.6 Å². The molecule has 0 aliphatic heterocycles. The first-order chi connectivity index (χ1) is 7.92. The molecule has 100 valence electrons. The maximum atomic E-state index is 11.7. The number of nitrogens with zero attached hydrogens (tertiary/aromatic N) is 1. The second kappa shape index (κ2) is 7.89. The number of ether oxygens (including phenoxy) is 1. The van der Waals surface area contributed by atoms with E-state index in [2.05, 4.69) is 5.32 Å². The summed E-state index contributed by atoms with van der Waals surface area (Å²) in [5.41, 5.74) is 0. The number of carbonyl (C=O) groups excluding carboxylic acids is 1. The smallest absolute Gasteiger partial charge is 0.334 e. The molecule has 0 fully saturated rings. The van der Waals surface area contributed by atoms with Crippen LogP contribution in [0.25, 0.3) is 0 Å². The van der Waals surface area contributed by atoms with Crippen LogP contribution in [0.3, 0.4) is 0 Å². The zero-order chi connectivity index (χ0) is 13.4. The molecule has 1 unspecified atom stereocenters. The van der Waals surface area contributed by atoms with Crippen molar-refractivity contribution in [3.05, 3.63) is 0 Å². The molecule has 0 aromatic rings. The molecule has 0 aromatic carbocycles. The second-order valence-corrected chi connectivity index (χ2v) is 4.18. The number of nitrogens with one attached hydrogen (secondary N) is 1. The summed E-state index contributed by atoms with van der Waals surface area (Å²) >= 11 is 0. The molecule has 0 aliphatic rings. The molecular formula is C11H22N2O4. The van der Waals surface area contributed by atoms with E-state index in [1.54, 1.807) is 4.90 Å². The first kappa shape index (κ1) is 15.7. The first-order valence-corrected chi connectivity index (χ1v) is 5.70. The van der Waals surface area contributed by atoms with Crippen LogP contribution in [0.2, 0.25) is 0 Å². The second-order valence-electron chi connectivity index (χ2n) is 4.18. The van der Waals surface area contributed by atoms with E-state index in [0.29, 0.717) is 19.0 Å². The van der Waals surface area contributed by atoms with Crippen molar-refractivity contribution in [2.45, 2.75) is 26.9 Å². The lowest BCUT2D eigenvalue weighted by atomic mass is 10.2. The topological polar surface area (TPSA) is 78.9 Å². The van der Waals surface area contributed by atoms with Crippen molar-refractivity contribution < 1.29 is 19.4 Å². The Bertz CT molecular complexity index is 256. The molecule has 6 heteroatoms. The fourth-order valence-electron chi connectivity index (χ4n) is 1.36. The average molecular weight is 246 g/mol. The van der Waals surface area contributed by atoms with Crippen LogP contribution in [-0.2, 0) is 9.53 Å². The van der Waals surface area contributed by atoms with Gasteiger partial charge in [-0.1, -0.05) is 13.8 Å². The number of carboxylic acids is 1. The highest BCUT2D eigenvalue weighted by Gasteiger charge is 2.19. The molecule has 0 saturated carbocycles. The van der Waals surface area contributed by atoms with E-state index in [1.807, 2.05) is 20.8 Å². The van der Waals surface area contributed by atoms with E-state index in [4.69, 9.17) is 9.84 Å². The zero-order valence-electron chi connectivity index (χ0n) is 10.9. The Morgan fingerprint density at radius 2 is 2.00 bits per heavy atom. The van der Waals surface area contributed by atoms with Gasteiger partial charge >= 0.3 is 12.0 Å². The Hall–Kier alpha value is -1.30. The molecule has 2 amide bonds. The summed E-state index contributed by atoms with van der Waals surface area (Å²) in [5.74, 6) is -0.710. The Morgan fingerprint density at radius 1 is 1.41 bits per heavy atom. The summed E-state index contributed by atoms with van der Waals surface area (Å²) < 4.78 is 4.72. The first-order valence-electron chi connectivity index (χ1n) is 5.70. The molecule has 0 heterocycles. The monoisotopic (exact) mass is 246 g/mol. The summed E-state index contributed by atoms with van der Waals surface area (Å²) in [5, 5.41) is 11.3. The number of carbonyl (C=O) groups is 2. The molecule has 0 bridgehead atoms. The number of amides is 2. The summed E-state index contributed by atoms with van der Waals surface area (Å²) in [6.45, 7) is 7.13. The van der Waals surface area contributed by atoms with Gasteiger partial charge in [0.2, 0.25) is 0 Å². The zero-order valence-corrected chi connectivity index (χ0v) is 10.9. The standard InChI is InChI=1S/C11H22N2O4/c1-5-13(7-8(2)3)11(16)12-6-9(17-4)10(14)15/h8-9H,5-7H2,1-4H3,(H,12,16)(H,14,15). The lowest BCUT2D eigenvalue weighted by Crippen LogP contribution is -2.46. The van der Waals surface area contributed by atoms with Crippen LogP contribution < -0.4 is 5.32 Å². The van der Waals surface area contributed by atoms with Crippen molar-refractivity contribution in [2.24, 2.45) is 5.92 Å². The van der Waals surface area contributed by atoms with E-state index < -0.39 is 12.1 Å². The van der Waals surface area contributed by atoms with Crippen LogP contribution in [0.1, 0.15) is 20.8 Å². The lowest BCUT2D eigenvalue weighted by Gasteiger charge is -2.24. The van der Waals surface area contributed by atoms with Gasteiger partial charge in [0.25, 0.3) is 0 Å². The third kappa shape index (κ3) is 6.11. The highest BCUT2D eigenvalue weighted by molar-refractivity contribution is 5.76. The van der Waals surface area contributed by atoms with Gasteiger partial charge in [-0.3, -0.25) is 0 Å². The van der Waals surface area contributed by atoms with E-state index in [1.165, 1.54) is 7.11 Å². The molecule has 17 heavy (non-hydrogen) atoms. The van der Waals surface area contributed by atoms with Crippen LogP contribution in [0.5, 0.6) is 0 Å². The molecule has 0 aromatic heterocycles. The summed E-state index contributed by atoms with van der Waals surface area (Å²) in [7, 11) is 1.30. The van der Waals surface area contributed by atoms with Crippen molar-refractivity contribution in [1.29, 1.82) is 0 Å². The molecule has 1 atom stereocenters.